The molecule has 24 heavy (non-hydrogen) atoms. The van der Waals surface area contributed by atoms with Crippen LogP contribution >= 0.6 is 0 Å². The molecule has 0 radical (unpaired) electrons. The number of benzene rings is 1. The quantitative estimate of drug-likeness (QED) is 0.826. The lowest BCUT2D eigenvalue weighted by Crippen LogP contribution is -2.38. The van der Waals surface area contributed by atoms with Crippen molar-refractivity contribution in [3.05, 3.63) is 29.8 Å². The van der Waals surface area contributed by atoms with E-state index in [1.165, 1.54) is 18.6 Å². The molecule has 1 aromatic carbocycles. The molecule has 0 unspecified atom stereocenters. The Morgan fingerprint density at radius 1 is 1.25 bits per heavy atom. The molecule has 0 spiro atoms. The predicted octanol–water partition coefficient (Wildman–Crippen LogP) is 3.07. The number of hydrogen-bond donors (Lipinski definition) is 2. The Morgan fingerprint density at radius 3 is 2.50 bits per heavy atom. The van der Waals surface area contributed by atoms with Crippen molar-refractivity contribution in [2.45, 2.75) is 69.9 Å². The minimum atomic E-state index is -3.53. The Morgan fingerprint density at radius 2 is 1.92 bits per heavy atom. The standard InChI is InChI=1S/C18H28N2O3S/c1-4-14(3)20-24(22,23)17-10-8-15(9-11-17)18(21)19-16-7-5-6-13(2)12-16/h8-11,13-14,16,20H,4-7,12H2,1-3H3,(H,19,21)/t13-,14+,16+/m1/s1. The van der Waals surface area contributed by atoms with E-state index in [9.17, 15) is 13.2 Å². The summed E-state index contributed by atoms with van der Waals surface area (Å²) in [7, 11) is -3.53. The molecular weight excluding hydrogens is 324 g/mol. The number of carbonyl (C=O) groups excluding carboxylic acids is 1. The fraction of sp³-hybridized carbons (Fsp3) is 0.611. The van der Waals surface area contributed by atoms with E-state index in [4.69, 9.17) is 0 Å². The molecule has 5 nitrogen and oxygen atoms in total. The van der Waals surface area contributed by atoms with E-state index < -0.39 is 10.0 Å². The zero-order valence-corrected chi connectivity index (χ0v) is 15.5. The lowest BCUT2D eigenvalue weighted by molar-refractivity contribution is 0.0921. The van der Waals surface area contributed by atoms with E-state index in [2.05, 4.69) is 17.0 Å². The molecule has 0 aromatic heterocycles. The highest BCUT2D eigenvalue weighted by Gasteiger charge is 2.21. The number of hydrogen-bond acceptors (Lipinski definition) is 3. The lowest BCUT2D eigenvalue weighted by Gasteiger charge is -2.27. The molecule has 1 amide bonds. The van der Waals surface area contributed by atoms with Crippen LogP contribution in [0.15, 0.2) is 29.2 Å². The minimum Gasteiger partial charge on any atom is -0.349 e. The third kappa shape index (κ3) is 5.05. The van der Waals surface area contributed by atoms with Crippen LogP contribution < -0.4 is 10.0 Å². The number of sulfonamides is 1. The van der Waals surface area contributed by atoms with Crippen molar-refractivity contribution in [1.29, 1.82) is 0 Å². The average Bonchev–Trinajstić information content (AvgIpc) is 2.54. The van der Waals surface area contributed by atoms with E-state index in [-0.39, 0.29) is 22.9 Å². The zero-order valence-electron chi connectivity index (χ0n) is 14.7. The monoisotopic (exact) mass is 352 g/mol. The van der Waals surface area contributed by atoms with E-state index in [0.29, 0.717) is 11.5 Å². The Balaban J connectivity index is 2.02. The zero-order chi connectivity index (χ0) is 17.7. The van der Waals surface area contributed by atoms with E-state index in [1.54, 1.807) is 12.1 Å². The van der Waals surface area contributed by atoms with Crippen LogP contribution in [0.5, 0.6) is 0 Å². The van der Waals surface area contributed by atoms with Gasteiger partial charge in [-0.25, -0.2) is 13.1 Å². The smallest absolute Gasteiger partial charge is 0.251 e. The largest absolute Gasteiger partial charge is 0.349 e. The van der Waals surface area contributed by atoms with Crippen LogP contribution in [0.4, 0.5) is 0 Å². The van der Waals surface area contributed by atoms with Crippen LogP contribution in [0.25, 0.3) is 0 Å². The topological polar surface area (TPSA) is 75.3 Å². The molecule has 3 atom stereocenters. The summed E-state index contributed by atoms with van der Waals surface area (Å²) in [6.45, 7) is 5.96. The second-order valence-corrected chi connectivity index (χ2v) is 8.61. The van der Waals surface area contributed by atoms with Gasteiger partial charge in [-0.15, -0.1) is 0 Å². The number of amides is 1. The second kappa shape index (κ2) is 8.12. The normalized spacial score (nSPS) is 22.8. The van der Waals surface area contributed by atoms with Crippen LogP contribution in [0, 0.1) is 5.92 Å². The molecule has 1 saturated carbocycles. The van der Waals surface area contributed by atoms with Crippen LogP contribution in [0.2, 0.25) is 0 Å². The van der Waals surface area contributed by atoms with Crippen molar-refractivity contribution in [2.75, 3.05) is 0 Å². The number of rotatable bonds is 6. The van der Waals surface area contributed by atoms with E-state index in [1.807, 2.05) is 13.8 Å². The van der Waals surface area contributed by atoms with Crippen molar-refractivity contribution in [3.63, 3.8) is 0 Å². The Hall–Kier alpha value is -1.40. The maximum Gasteiger partial charge on any atom is 0.251 e. The van der Waals surface area contributed by atoms with Gasteiger partial charge in [-0.3, -0.25) is 4.79 Å². The Kier molecular flexibility index (Phi) is 6.40. The summed E-state index contributed by atoms with van der Waals surface area (Å²) in [4.78, 5) is 12.5. The first-order valence-corrected chi connectivity index (χ1v) is 10.2. The number of carbonyl (C=O) groups is 1. The molecule has 0 bridgehead atoms. The first-order chi connectivity index (χ1) is 11.3. The molecule has 2 N–H and O–H groups in total. The third-order valence-corrected chi connectivity index (χ3v) is 6.27. The SMILES string of the molecule is CC[C@H](C)NS(=O)(=O)c1ccc(C(=O)N[C@H]2CCC[C@@H](C)C2)cc1. The molecule has 1 aromatic rings. The fourth-order valence-electron chi connectivity index (χ4n) is 3.04. The highest BCUT2D eigenvalue weighted by molar-refractivity contribution is 7.89. The maximum atomic E-state index is 12.3. The Bertz CT molecular complexity index is 655. The Labute approximate surface area is 145 Å². The predicted molar refractivity (Wildman–Crippen MR) is 95.4 cm³/mol. The molecule has 2 rings (SSSR count). The summed E-state index contributed by atoms with van der Waals surface area (Å²) in [6.07, 6.45) is 5.12. The average molecular weight is 353 g/mol. The van der Waals surface area contributed by atoms with Gasteiger partial charge in [-0.2, -0.15) is 0 Å². The fourth-order valence-corrected chi connectivity index (χ4v) is 4.36. The van der Waals surface area contributed by atoms with Crippen LogP contribution in [-0.2, 0) is 10.0 Å². The van der Waals surface area contributed by atoms with Gasteiger partial charge in [0.15, 0.2) is 0 Å². The molecule has 134 valence electrons. The summed E-state index contributed by atoms with van der Waals surface area (Å²) in [5, 5.41) is 3.06. The van der Waals surface area contributed by atoms with Gasteiger partial charge in [0.1, 0.15) is 0 Å². The van der Waals surface area contributed by atoms with Crippen molar-refractivity contribution in [3.8, 4) is 0 Å². The van der Waals surface area contributed by atoms with Crippen LogP contribution in [-0.4, -0.2) is 26.4 Å². The van der Waals surface area contributed by atoms with E-state index in [0.717, 1.165) is 25.7 Å². The molecule has 0 saturated heterocycles. The highest BCUT2D eigenvalue weighted by atomic mass is 32.2. The van der Waals surface area contributed by atoms with Crippen molar-refractivity contribution < 1.29 is 13.2 Å². The van der Waals surface area contributed by atoms with Crippen LogP contribution in [0.1, 0.15) is 63.2 Å². The van der Waals surface area contributed by atoms with Gasteiger partial charge in [-0.05, 0) is 56.4 Å². The van der Waals surface area contributed by atoms with Gasteiger partial charge in [0.25, 0.3) is 5.91 Å². The molecule has 1 aliphatic carbocycles. The van der Waals surface area contributed by atoms with E-state index >= 15 is 0 Å². The molecule has 0 aliphatic heterocycles. The number of nitrogens with one attached hydrogen (secondary N) is 2. The van der Waals surface area contributed by atoms with Crippen LogP contribution in [0.3, 0.4) is 0 Å². The highest BCUT2D eigenvalue weighted by Crippen LogP contribution is 2.23. The van der Waals surface area contributed by atoms with Crippen molar-refractivity contribution in [2.24, 2.45) is 5.92 Å². The summed E-state index contributed by atoms with van der Waals surface area (Å²) >= 11 is 0. The summed E-state index contributed by atoms with van der Waals surface area (Å²) in [5.74, 6) is 0.510. The van der Waals surface area contributed by atoms with Gasteiger partial charge in [0.2, 0.25) is 10.0 Å². The lowest BCUT2D eigenvalue weighted by atomic mass is 9.87. The van der Waals surface area contributed by atoms with Crippen molar-refractivity contribution in [1.82, 2.24) is 10.0 Å². The third-order valence-electron chi connectivity index (χ3n) is 4.67. The molecule has 6 heteroatoms. The summed E-state index contributed by atoms with van der Waals surface area (Å²) in [6, 6.07) is 6.23. The summed E-state index contributed by atoms with van der Waals surface area (Å²) < 4.78 is 27.1. The first kappa shape index (κ1) is 18.9. The molecule has 0 heterocycles. The first-order valence-electron chi connectivity index (χ1n) is 8.75. The maximum absolute atomic E-state index is 12.3. The molecular formula is C18H28N2O3S. The second-order valence-electron chi connectivity index (χ2n) is 6.90. The molecule has 1 aliphatic rings. The van der Waals surface area contributed by atoms with Gasteiger partial charge < -0.3 is 5.32 Å². The molecule has 1 fully saturated rings. The van der Waals surface area contributed by atoms with Gasteiger partial charge in [0, 0.05) is 17.6 Å². The minimum absolute atomic E-state index is 0.119. The summed E-state index contributed by atoms with van der Waals surface area (Å²) in [5.41, 5.74) is 0.496. The van der Waals surface area contributed by atoms with Gasteiger partial charge >= 0.3 is 0 Å². The van der Waals surface area contributed by atoms with Gasteiger partial charge in [-0.1, -0.05) is 26.7 Å². The van der Waals surface area contributed by atoms with Gasteiger partial charge in [0.05, 0.1) is 4.90 Å². The van der Waals surface area contributed by atoms with Crippen molar-refractivity contribution >= 4 is 15.9 Å².